The van der Waals surface area contributed by atoms with Crippen molar-refractivity contribution in [1.82, 2.24) is 0 Å². The molecule has 0 aromatic heterocycles. The topological polar surface area (TPSA) is 0 Å². The molecule has 2 rings (SSSR count). The predicted octanol–water partition coefficient (Wildman–Crippen LogP) is 6.65. The smallest absolute Gasteiger partial charge is 0.0134 e. The minimum absolute atomic E-state index is 1.38. The summed E-state index contributed by atoms with van der Waals surface area (Å²) in [5.41, 5.74) is 11.3. The first-order valence-electron chi connectivity index (χ1n) is 7.63. The minimum Gasteiger partial charge on any atom is -0.129 e. The predicted molar refractivity (Wildman–Crippen MR) is 104 cm³/mol. The van der Waals surface area contributed by atoms with Gasteiger partial charge in [-0.2, -0.15) is 0 Å². The van der Waals surface area contributed by atoms with Crippen molar-refractivity contribution in [3.8, 4) is 11.1 Å². The van der Waals surface area contributed by atoms with Crippen molar-refractivity contribution in [2.24, 2.45) is 0 Å². The van der Waals surface area contributed by atoms with E-state index in [1.807, 2.05) is 23.5 Å². The first-order valence-corrected chi connectivity index (χ1v) is 10.1. The molecule has 0 atom stereocenters. The second-order valence-corrected chi connectivity index (χ2v) is 7.72. The Labute approximate surface area is 144 Å². The van der Waals surface area contributed by atoms with E-state index in [0.717, 1.165) is 0 Å². The van der Waals surface area contributed by atoms with Crippen LogP contribution >= 0.6 is 23.5 Å². The minimum atomic E-state index is 1.38. The zero-order valence-corrected chi connectivity index (χ0v) is 16.6. The highest BCUT2D eigenvalue weighted by atomic mass is 32.2. The number of hydrogen-bond donors (Lipinski definition) is 0. The van der Waals surface area contributed by atoms with Gasteiger partial charge in [0.15, 0.2) is 0 Å². The first kappa shape index (κ1) is 17.5. The quantitative estimate of drug-likeness (QED) is 0.578. The molecular formula is C20H26S2. The van der Waals surface area contributed by atoms with Crippen molar-refractivity contribution >= 4 is 23.5 Å². The summed E-state index contributed by atoms with van der Waals surface area (Å²) in [5.74, 6) is 0. The second kappa shape index (κ2) is 6.72. The van der Waals surface area contributed by atoms with Gasteiger partial charge in [0.1, 0.15) is 0 Å². The molecule has 0 saturated heterocycles. The Hall–Kier alpha value is -0.860. The highest BCUT2D eigenvalue weighted by molar-refractivity contribution is 7.99. The molecule has 0 radical (unpaired) electrons. The Morgan fingerprint density at radius 3 is 1.14 bits per heavy atom. The van der Waals surface area contributed by atoms with Gasteiger partial charge in [0.25, 0.3) is 0 Å². The van der Waals surface area contributed by atoms with Gasteiger partial charge in [0.05, 0.1) is 0 Å². The molecule has 0 nitrogen and oxygen atoms in total. The van der Waals surface area contributed by atoms with Crippen molar-refractivity contribution in [3.05, 3.63) is 45.5 Å². The first-order chi connectivity index (χ1) is 10.3. The second-order valence-electron chi connectivity index (χ2n) is 6.09. The molecular weight excluding hydrogens is 304 g/mol. The van der Waals surface area contributed by atoms with E-state index in [0.29, 0.717) is 0 Å². The average molecular weight is 331 g/mol. The molecule has 0 aliphatic heterocycles. The Balaban J connectivity index is 2.89. The zero-order valence-electron chi connectivity index (χ0n) is 15.0. The molecule has 0 spiro atoms. The maximum absolute atomic E-state index is 2.34. The lowest BCUT2D eigenvalue weighted by molar-refractivity contribution is 1.15. The monoisotopic (exact) mass is 330 g/mol. The SMILES string of the molecule is CSc1c(C)cc(C)c(-c2c(C)cc(C)c(SC)c2C)c1C. The highest BCUT2D eigenvalue weighted by Gasteiger charge is 2.18. The lowest BCUT2D eigenvalue weighted by Crippen LogP contribution is -2.00. The third kappa shape index (κ3) is 2.83. The van der Waals surface area contributed by atoms with E-state index in [2.05, 4.69) is 66.2 Å². The number of thioether (sulfide) groups is 2. The summed E-state index contributed by atoms with van der Waals surface area (Å²) >= 11 is 3.72. The standard InChI is InChI=1S/C20H26S2/c1-11-9-13(3)19(21-7)15(5)17(11)18-12(2)10-14(4)20(22-8)16(18)6/h9-10H,1-8H3. The fraction of sp³-hybridized carbons (Fsp3) is 0.400. The summed E-state index contributed by atoms with van der Waals surface area (Å²) in [5, 5.41) is 0. The molecule has 118 valence electrons. The molecule has 0 amide bonds. The van der Waals surface area contributed by atoms with E-state index in [1.165, 1.54) is 54.3 Å². The Bertz CT molecular complexity index is 664. The molecule has 0 heterocycles. The normalized spacial score (nSPS) is 11.1. The summed E-state index contributed by atoms with van der Waals surface area (Å²) in [4.78, 5) is 2.84. The maximum Gasteiger partial charge on any atom is 0.0134 e. The van der Waals surface area contributed by atoms with Crippen molar-refractivity contribution < 1.29 is 0 Å². The van der Waals surface area contributed by atoms with Crippen molar-refractivity contribution in [2.75, 3.05) is 12.5 Å². The lowest BCUT2D eigenvalue weighted by atomic mass is 9.87. The molecule has 0 aliphatic carbocycles. The van der Waals surface area contributed by atoms with Crippen LogP contribution in [0, 0.1) is 41.5 Å². The van der Waals surface area contributed by atoms with Crippen molar-refractivity contribution in [3.63, 3.8) is 0 Å². The Morgan fingerprint density at radius 2 is 0.864 bits per heavy atom. The van der Waals surface area contributed by atoms with Crippen molar-refractivity contribution in [1.29, 1.82) is 0 Å². The maximum atomic E-state index is 2.34. The molecule has 0 bridgehead atoms. The molecule has 0 N–H and O–H groups in total. The Kier molecular flexibility index (Phi) is 5.34. The van der Waals surface area contributed by atoms with Crippen LogP contribution < -0.4 is 0 Å². The third-order valence-electron chi connectivity index (χ3n) is 4.46. The fourth-order valence-corrected chi connectivity index (χ4v) is 5.31. The Morgan fingerprint density at radius 1 is 0.545 bits per heavy atom. The summed E-state index contributed by atoms with van der Waals surface area (Å²) in [6.45, 7) is 13.5. The van der Waals surface area contributed by atoms with Gasteiger partial charge in [0, 0.05) is 9.79 Å². The molecule has 0 unspecified atom stereocenters. The summed E-state index contributed by atoms with van der Waals surface area (Å²) in [6.07, 6.45) is 4.35. The van der Waals surface area contributed by atoms with E-state index in [1.54, 1.807) is 0 Å². The van der Waals surface area contributed by atoms with E-state index in [9.17, 15) is 0 Å². The molecule has 2 aromatic carbocycles. The number of benzene rings is 2. The van der Waals surface area contributed by atoms with Gasteiger partial charge in [-0.15, -0.1) is 23.5 Å². The lowest BCUT2D eigenvalue weighted by Gasteiger charge is -2.22. The van der Waals surface area contributed by atoms with Crippen LogP contribution in [-0.2, 0) is 0 Å². The van der Waals surface area contributed by atoms with Crippen LogP contribution in [0.5, 0.6) is 0 Å². The number of aryl methyl sites for hydroxylation is 4. The van der Waals surface area contributed by atoms with Gasteiger partial charge >= 0.3 is 0 Å². The summed E-state index contributed by atoms with van der Waals surface area (Å²) in [6, 6.07) is 4.68. The number of hydrogen-bond acceptors (Lipinski definition) is 2. The van der Waals surface area contributed by atoms with Crippen molar-refractivity contribution in [2.45, 2.75) is 51.3 Å². The van der Waals surface area contributed by atoms with Gasteiger partial charge in [-0.1, -0.05) is 12.1 Å². The average Bonchev–Trinajstić information content (AvgIpc) is 2.42. The van der Waals surface area contributed by atoms with E-state index >= 15 is 0 Å². The van der Waals surface area contributed by atoms with Gasteiger partial charge in [-0.3, -0.25) is 0 Å². The van der Waals surface area contributed by atoms with Crippen LogP contribution in [0.2, 0.25) is 0 Å². The van der Waals surface area contributed by atoms with Crippen LogP contribution in [0.3, 0.4) is 0 Å². The van der Waals surface area contributed by atoms with Crippen LogP contribution in [0.15, 0.2) is 21.9 Å². The molecule has 0 aliphatic rings. The van der Waals surface area contributed by atoms with Crippen LogP contribution in [0.4, 0.5) is 0 Å². The van der Waals surface area contributed by atoms with Gasteiger partial charge in [0.2, 0.25) is 0 Å². The van der Waals surface area contributed by atoms with Gasteiger partial charge < -0.3 is 0 Å². The molecule has 0 saturated carbocycles. The zero-order chi connectivity index (χ0) is 16.6. The molecule has 0 fully saturated rings. The highest BCUT2D eigenvalue weighted by Crippen LogP contribution is 2.41. The van der Waals surface area contributed by atoms with E-state index in [4.69, 9.17) is 0 Å². The van der Waals surface area contributed by atoms with Crippen LogP contribution in [-0.4, -0.2) is 12.5 Å². The molecule has 22 heavy (non-hydrogen) atoms. The third-order valence-corrected chi connectivity index (χ3v) is 6.53. The largest absolute Gasteiger partial charge is 0.129 e. The van der Waals surface area contributed by atoms with Crippen LogP contribution in [0.1, 0.15) is 33.4 Å². The molecule has 2 heteroatoms. The fourth-order valence-electron chi connectivity index (χ4n) is 3.73. The van der Waals surface area contributed by atoms with Gasteiger partial charge in [-0.05, 0) is 98.6 Å². The van der Waals surface area contributed by atoms with Gasteiger partial charge in [-0.25, -0.2) is 0 Å². The van der Waals surface area contributed by atoms with E-state index < -0.39 is 0 Å². The summed E-state index contributed by atoms with van der Waals surface area (Å²) in [7, 11) is 0. The summed E-state index contributed by atoms with van der Waals surface area (Å²) < 4.78 is 0. The number of rotatable bonds is 3. The van der Waals surface area contributed by atoms with Crippen LogP contribution in [0.25, 0.3) is 11.1 Å². The molecule has 2 aromatic rings. The van der Waals surface area contributed by atoms with E-state index in [-0.39, 0.29) is 0 Å².